The lowest BCUT2D eigenvalue weighted by Gasteiger charge is -2.39. The van der Waals surface area contributed by atoms with Crippen LogP contribution in [-0.4, -0.2) is 74.5 Å². The molecular weight excluding hydrogens is 216 g/mol. The van der Waals surface area contributed by atoms with Crippen LogP contribution in [0.15, 0.2) is 0 Å². The average Bonchev–Trinajstić information content (AvgIpc) is 2.56. The fraction of sp³-hybridized carbons (Fsp3) is 1.00. The monoisotopic (exact) mass is 242 g/mol. The van der Waals surface area contributed by atoms with Gasteiger partial charge in [0.2, 0.25) is 0 Å². The first-order valence-electron chi connectivity index (χ1n) is 6.84. The van der Waals surface area contributed by atoms with Crippen LogP contribution in [0.2, 0.25) is 0 Å². The summed E-state index contributed by atoms with van der Waals surface area (Å²) in [5.41, 5.74) is 0.0984. The van der Waals surface area contributed by atoms with Crippen LogP contribution in [0.5, 0.6) is 0 Å². The molecule has 2 heterocycles. The minimum Gasteiger partial charge on any atom is -0.396 e. The topological polar surface area (TPSA) is 35.9 Å². The van der Waals surface area contributed by atoms with Gasteiger partial charge in [-0.3, -0.25) is 0 Å². The lowest BCUT2D eigenvalue weighted by molar-refractivity contribution is -0.0336. The van der Waals surface area contributed by atoms with Crippen LogP contribution in [-0.2, 0) is 4.74 Å². The smallest absolute Gasteiger partial charge is 0.0501 e. The van der Waals surface area contributed by atoms with Crippen molar-refractivity contribution in [2.24, 2.45) is 5.41 Å². The summed E-state index contributed by atoms with van der Waals surface area (Å²) in [5.74, 6) is 0. The standard InChI is InChI=1S/C13H26N2O2/c1-14-5-2-6-15(8-7-14)11-13(12-16)3-9-17-10-4-13/h16H,2-12H2,1H3. The minimum atomic E-state index is 0.0984. The zero-order valence-electron chi connectivity index (χ0n) is 11.0. The van der Waals surface area contributed by atoms with Gasteiger partial charge in [0.15, 0.2) is 0 Å². The number of hydrogen-bond acceptors (Lipinski definition) is 4. The third-order valence-electron chi connectivity index (χ3n) is 4.26. The van der Waals surface area contributed by atoms with Gasteiger partial charge < -0.3 is 19.6 Å². The van der Waals surface area contributed by atoms with E-state index in [9.17, 15) is 5.11 Å². The van der Waals surface area contributed by atoms with Crippen LogP contribution in [0, 0.1) is 5.41 Å². The zero-order chi connectivity index (χ0) is 12.1. The first-order chi connectivity index (χ1) is 8.24. The molecule has 0 aromatic heterocycles. The summed E-state index contributed by atoms with van der Waals surface area (Å²) in [6.45, 7) is 7.64. The van der Waals surface area contributed by atoms with Crippen LogP contribution in [0.3, 0.4) is 0 Å². The molecule has 0 aromatic rings. The van der Waals surface area contributed by atoms with Crippen molar-refractivity contribution < 1.29 is 9.84 Å². The number of ether oxygens (including phenoxy) is 1. The highest BCUT2D eigenvalue weighted by molar-refractivity contribution is 4.85. The Balaban J connectivity index is 1.88. The third-order valence-corrected chi connectivity index (χ3v) is 4.26. The molecule has 0 atom stereocenters. The van der Waals surface area contributed by atoms with E-state index in [0.29, 0.717) is 6.61 Å². The van der Waals surface area contributed by atoms with Crippen LogP contribution in [0.4, 0.5) is 0 Å². The van der Waals surface area contributed by atoms with E-state index in [-0.39, 0.29) is 5.41 Å². The maximum Gasteiger partial charge on any atom is 0.0501 e. The highest BCUT2D eigenvalue weighted by Crippen LogP contribution is 2.31. The van der Waals surface area contributed by atoms with Crippen molar-refractivity contribution in [2.75, 3.05) is 59.6 Å². The van der Waals surface area contributed by atoms with E-state index in [1.54, 1.807) is 0 Å². The van der Waals surface area contributed by atoms with Gasteiger partial charge in [-0.05, 0) is 39.4 Å². The van der Waals surface area contributed by atoms with E-state index >= 15 is 0 Å². The fourth-order valence-electron chi connectivity index (χ4n) is 2.90. The largest absolute Gasteiger partial charge is 0.396 e. The third kappa shape index (κ3) is 3.65. The zero-order valence-corrected chi connectivity index (χ0v) is 11.0. The van der Waals surface area contributed by atoms with E-state index in [2.05, 4.69) is 16.8 Å². The molecule has 100 valence electrons. The Labute approximate surface area is 105 Å². The molecular formula is C13H26N2O2. The summed E-state index contributed by atoms with van der Waals surface area (Å²) >= 11 is 0. The highest BCUT2D eigenvalue weighted by Gasteiger charge is 2.34. The molecule has 4 heteroatoms. The van der Waals surface area contributed by atoms with E-state index in [4.69, 9.17) is 4.74 Å². The van der Waals surface area contributed by atoms with Crippen LogP contribution in [0.1, 0.15) is 19.3 Å². The Morgan fingerprint density at radius 2 is 1.88 bits per heavy atom. The summed E-state index contributed by atoms with van der Waals surface area (Å²) in [7, 11) is 2.19. The number of hydrogen-bond donors (Lipinski definition) is 1. The number of aliphatic hydroxyl groups is 1. The molecule has 0 saturated carbocycles. The molecule has 17 heavy (non-hydrogen) atoms. The first-order valence-corrected chi connectivity index (χ1v) is 6.84. The molecule has 1 N–H and O–H groups in total. The Bertz CT molecular complexity index is 229. The SMILES string of the molecule is CN1CCCN(CC2(CO)CCOCC2)CC1. The van der Waals surface area contributed by atoms with E-state index in [1.807, 2.05) is 0 Å². The van der Waals surface area contributed by atoms with Crippen LogP contribution in [0.25, 0.3) is 0 Å². The molecule has 0 aromatic carbocycles. The Morgan fingerprint density at radius 1 is 1.12 bits per heavy atom. The molecule has 0 aliphatic carbocycles. The molecule has 0 amide bonds. The number of nitrogens with zero attached hydrogens (tertiary/aromatic N) is 2. The van der Waals surface area contributed by atoms with Crippen molar-refractivity contribution >= 4 is 0 Å². The summed E-state index contributed by atoms with van der Waals surface area (Å²) in [6, 6.07) is 0. The van der Waals surface area contributed by atoms with E-state index in [1.165, 1.54) is 19.5 Å². The fourth-order valence-corrected chi connectivity index (χ4v) is 2.90. The lowest BCUT2D eigenvalue weighted by atomic mass is 9.80. The van der Waals surface area contributed by atoms with Gasteiger partial charge in [0, 0.05) is 38.3 Å². The summed E-state index contributed by atoms with van der Waals surface area (Å²) in [6.07, 6.45) is 3.26. The van der Waals surface area contributed by atoms with Gasteiger partial charge in [-0.25, -0.2) is 0 Å². The van der Waals surface area contributed by atoms with Crippen molar-refractivity contribution in [1.82, 2.24) is 9.80 Å². The Kier molecular flexibility index (Phi) is 4.79. The second kappa shape index (κ2) is 6.14. The van der Waals surface area contributed by atoms with Gasteiger partial charge in [-0.1, -0.05) is 0 Å². The Morgan fingerprint density at radius 3 is 2.59 bits per heavy atom. The molecule has 4 nitrogen and oxygen atoms in total. The van der Waals surface area contributed by atoms with Gasteiger partial charge in [0.1, 0.15) is 0 Å². The second-order valence-electron chi connectivity index (χ2n) is 5.70. The summed E-state index contributed by atoms with van der Waals surface area (Å²) in [4.78, 5) is 4.93. The maximum absolute atomic E-state index is 9.70. The van der Waals surface area contributed by atoms with Crippen molar-refractivity contribution in [3.63, 3.8) is 0 Å². The molecule has 0 spiro atoms. The second-order valence-corrected chi connectivity index (χ2v) is 5.70. The van der Waals surface area contributed by atoms with Gasteiger partial charge in [0.05, 0.1) is 6.61 Å². The highest BCUT2D eigenvalue weighted by atomic mass is 16.5. The quantitative estimate of drug-likeness (QED) is 0.778. The van der Waals surface area contributed by atoms with Gasteiger partial charge in [0.25, 0.3) is 0 Å². The van der Waals surface area contributed by atoms with Gasteiger partial charge >= 0.3 is 0 Å². The first kappa shape index (κ1) is 13.3. The summed E-state index contributed by atoms with van der Waals surface area (Å²) < 4.78 is 5.42. The molecule has 2 rings (SSSR count). The van der Waals surface area contributed by atoms with Gasteiger partial charge in [-0.2, -0.15) is 0 Å². The number of likely N-dealkylation sites (N-methyl/N-ethyl adjacent to an activating group) is 1. The van der Waals surface area contributed by atoms with Crippen molar-refractivity contribution in [2.45, 2.75) is 19.3 Å². The lowest BCUT2D eigenvalue weighted by Crippen LogP contribution is -2.45. The molecule has 0 unspecified atom stereocenters. The van der Waals surface area contributed by atoms with Gasteiger partial charge in [-0.15, -0.1) is 0 Å². The average molecular weight is 242 g/mol. The maximum atomic E-state index is 9.70. The van der Waals surface area contributed by atoms with E-state index < -0.39 is 0 Å². The predicted molar refractivity (Wildman–Crippen MR) is 68.1 cm³/mol. The van der Waals surface area contributed by atoms with Crippen molar-refractivity contribution in [1.29, 1.82) is 0 Å². The predicted octanol–water partition coefficient (Wildman–Crippen LogP) is 0.413. The summed E-state index contributed by atoms with van der Waals surface area (Å²) in [5, 5.41) is 9.70. The molecule has 2 fully saturated rings. The molecule has 2 aliphatic heterocycles. The number of rotatable bonds is 3. The molecule has 0 bridgehead atoms. The van der Waals surface area contributed by atoms with E-state index in [0.717, 1.165) is 45.7 Å². The Hall–Kier alpha value is -0.160. The normalized spacial score (nSPS) is 27.9. The van der Waals surface area contributed by atoms with Crippen molar-refractivity contribution in [3.8, 4) is 0 Å². The van der Waals surface area contributed by atoms with Crippen LogP contribution >= 0.6 is 0 Å². The van der Waals surface area contributed by atoms with Crippen molar-refractivity contribution in [3.05, 3.63) is 0 Å². The van der Waals surface area contributed by atoms with Crippen LogP contribution < -0.4 is 0 Å². The number of aliphatic hydroxyl groups excluding tert-OH is 1. The molecule has 0 radical (unpaired) electrons. The minimum absolute atomic E-state index is 0.0984. The molecule has 2 aliphatic rings. The molecule has 2 saturated heterocycles.